The first kappa shape index (κ1) is 13.0. The number of amides is 1. The fraction of sp³-hybridized carbons (Fsp3) is 0. The van der Waals surface area contributed by atoms with Crippen LogP contribution in [0.1, 0.15) is 0 Å². The smallest absolute Gasteiger partial charge is 0.410 e. The zero-order valence-electron chi connectivity index (χ0n) is 10.5. The molecule has 0 unspecified atom stereocenters. The molecule has 2 aromatic heterocycles. The molecule has 0 spiro atoms. The number of carbonyl (C=O) groups is 1. The highest BCUT2D eigenvalue weighted by atomic mass is 19.1. The summed E-state index contributed by atoms with van der Waals surface area (Å²) in [7, 11) is 0. The fourth-order valence-corrected chi connectivity index (χ4v) is 2.09. The number of pyridine rings is 1. The lowest BCUT2D eigenvalue weighted by atomic mass is 10.1. The van der Waals surface area contributed by atoms with Crippen LogP contribution in [0.15, 0.2) is 42.6 Å². The first-order valence-electron chi connectivity index (χ1n) is 5.98. The number of carboxylic acid groups (broad SMARTS) is 1. The van der Waals surface area contributed by atoms with Crippen LogP contribution in [0.5, 0.6) is 0 Å². The second kappa shape index (κ2) is 4.86. The van der Waals surface area contributed by atoms with E-state index in [1.165, 1.54) is 47.0 Å². The predicted octanol–water partition coefficient (Wildman–Crippen LogP) is 3.37. The highest BCUT2D eigenvalue weighted by Gasteiger charge is 2.16. The van der Waals surface area contributed by atoms with Crippen molar-refractivity contribution in [1.82, 2.24) is 9.38 Å². The summed E-state index contributed by atoms with van der Waals surface area (Å²) in [6, 6.07) is 8.06. The summed E-state index contributed by atoms with van der Waals surface area (Å²) in [5.41, 5.74) is 1.23. The minimum Gasteiger partial charge on any atom is -0.465 e. The van der Waals surface area contributed by atoms with Gasteiger partial charge in [-0.05, 0) is 36.4 Å². The van der Waals surface area contributed by atoms with Crippen LogP contribution in [0.25, 0.3) is 16.9 Å². The molecular weight excluding hydrogens is 280 g/mol. The third kappa shape index (κ3) is 2.40. The molecule has 3 aromatic rings. The largest absolute Gasteiger partial charge is 0.465 e. The first-order valence-corrected chi connectivity index (χ1v) is 5.98. The molecule has 0 aliphatic carbocycles. The van der Waals surface area contributed by atoms with E-state index in [4.69, 9.17) is 5.11 Å². The third-order valence-electron chi connectivity index (χ3n) is 2.93. The molecule has 1 aromatic carbocycles. The van der Waals surface area contributed by atoms with Crippen LogP contribution >= 0.6 is 0 Å². The number of nitrogens with one attached hydrogen (secondary N) is 1. The van der Waals surface area contributed by atoms with Crippen molar-refractivity contribution >= 4 is 17.6 Å². The van der Waals surface area contributed by atoms with E-state index in [-0.39, 0.29) is 5.82 Å². The number of benzene rings is 1. The summed E-state index contributed by atoms with van der Waals surface area (Å²) in [5.74, 6) is -0.864. The maximum atomic E-state index is 13.4. The van der Waals surface area contributed by atoms with Crippen LogP contribution in [0.4, 0.5) is 19.4 Å². The van der Waals surface area contributed by atoms with E-state index < -0.39 is 17.7 Å². The Morgan fingerprint density at radius 2 is 1.76 bits per heavy atom. The molecule has 106 valence electrons. The summed E-state index contributed by atoms with van der Waals surface area (Å²) < 4.78 is 27.9. The lowest BCUT2D eigenvalue weighted by molar-refractivity contribution is 0.209. The van der Waals surface area contributed by atoms with Gasteiger partial charge in [0, 0.05) is 11.8 Å². The van der Waals surface area contributed by atoms with Gasteiger partial charge in [0.1, 0.15) is 17.3 Å². The van der Waals surface area contributed by atoms with Gasteiger partial charge in [0.05, 0.1) is 5.69 Å². The molecule has 0 bridgehead atoms. The van der Waals surface area contributed by atoms with Crippen LogP contribution in [0.2, 0.25) is 0 Å². The van der Waals surface area contributed by atoms with Crippen molar-refractivity contribution in [1.29, 1.82) is 0 Å². The minimum absolute atomic E-state index is 0.0553. The highest BCUT2D eigenvalue weighted by Crippen LogP contribution is 2.29. The monoisotopic (exact) mass is 289 g/mol. The van der Waals surface area contributed by atoms with Gasteiger partial charge in [0.2, 0.25) is 0 Å². The summed E-state index contributed by atoms with van der Waals surface area (Å²) in [6.45, 7) is 0. The third-order valence-corrected chi connectivity index (χ3v) is 2.93. The number of hydrogen-bond acceptors (Lipinski definition) is 2. The van der Waals surface area contributed by atoms with Crippen molar-refractivity contribution in [3.63, 3.8) is 0 Å². The molecule has 0 saturated heterocycles. The summed E-state index contributed by atoms with van der Waals surface area (Å²) in [6.07, 6.45) is -0.101. The van der Waals surface area contributed by atoms with Gasteiger partial charge in [-0.25, -0.2) is 18.6 Å². The second-order valence-electron chi connectivity index (χ2n) is 4.32. The SMILES string of the molecule is O=C(O)Nc1nc2ccc(F)cn2c1-c1ccc(F)cc1. The zero-order chi connectivity index (χ0) is 15.0. The molecule has 0 aliphatic rings. The van der Waals surface area contributed by atoms with E-state index in [0.717, 1.165) is 0 Å². The number of nitrogens with zero attached hydrogens (tertiary/aromatic N) is 2. The van der Waals surface area contributed by atoms with Gasteiger partial charge in [-0.3, -0.25) is 9.72 Å². The zero-order valence-corrected chi connectivity index (χ0v) is 10.5. The molecule has 0 saturated carbocycles. The normalized spacial score (nSPS) is 10.8. The van der Waals surface area contributed by atoms with E-state index in [1.54, 1.807) is 0 Å². The number of aromatic nitrogens is 2. The quantitative estimate of drug-likeness (QED) is 0.760. The van der Waals surface area contributed by atoms with Crippen LogP contribution in [-0.2, 0) is 0 Å². The average molecular weight is 289 g/mol. The fourth-order valence-electron chi connectivity index (χ4n) is 2.09. The van der Waals surface area contributed by atoms with Crippen LogP contribution in [-0.4, -0.2) is 20.6 Å². The summed E-state index contributed by atoms with van der Waals surface area (Å²) in [5, 5.41) is 11.0. The Morgan fingerprint density at radius 3 is 2.43 bits per heavy atom. The first-order chi connectivity index (χ1) is 10.0. The molecule has 21 heavy (non-hydrogen) atoms. The van der Waals surface area contributed by atoms with Crippen molar-refractivity contribution < 1.29 is 18.7 Å². The van der Waals surface area contributed by atoms with Crippen LogP contribution in [0.3, 0.4) is 0 Å². The topological polar surface area (TPSA) is 66.6 Å². The second-order valence-corrected chi connectivity index (χ2v) is 4.32. The molecule has 2 N–H and O–H groups in total. The van der Waals surface area contributed by atoms with E-state index in [1.807, 2.05) is 0 Å². The van der Waals surface area contributed by atoms with Gasteiger partial charge < -0.3 is 5.11 Å². The van der Waals surface area contributed by atoms with E-state index in [2.05, 4.69) is 10.3 Å². The van der Waals surface area contributed by atoms with Crippen LogP contribution < -0.4 is 5.32 Å². The van der Waals surface area contributed by atoms with E-state index in [0.29, 0.717) is 16.9 Å². The standard InChI is InChI=1S/C14H9F2N3O2/c15-9-3-1-8(2-4-9)12-13(18-14(20)21)17-11-6-5-10(16)7-19(11)12/h1-7,18H,(H,20,21). The minimum atomic E-state index is -1.29. The highest BCUT2D eigenvalue weighted by molar-refractivity contribution is 5.89. The molecule has 0 atom stereocenters. The molecular formula is C14H9F2N3O2. The molecule has 1 amide bonds. The van der Waals surface area contributed by atoms with Crippen LogP contribution in [0, 0.1) is 11.6 Å². The van der Waals surface area contributed by atoms with Crippen molar-refractivity contribution in [2.45, 2.75) is 0 Å². The molecule has 0 fully saturated rings. The number of halogens is 2. The van der Waals surface area contributed by atoms with Gasteiger partial charge in [0.15, 0.2) is 5.82 Å². The van der Waals surface area contributed by atoms with E-state index in [9.17, 15) is 13.6 Å². The average Bonchev–Trinajstić information content (AvgIpc) is 2.76. The Labute approximate surface area is 117 Å². The van der Waals surface area contributed by atoms with Gasteiger partial charge in [-0.15, -0.1) is 0 Å². The van der Waals surface area contributed by atoms with E-state index >= 15 is 0 Å². The Balaban J connectivity index is 2.27. The van der Waals surface area contributed by atoms with Gasteiger partial charge >= 0.3 is 6.09 Å². The predicted molar refractivity (Wildman–Crippen MR) is 72.2 cm³/mol. The molecule has 5 nitrogen and oxygen atoms in total. The van der Waals surface area contributed by atoms with Gasteiger partial charge in [0.25, 0.3) is 0 Å². The number of fused-ring (bicyclic) bond motifs is 1. The van der Waals surface area contributed by atoms with Crippen molar-refractivity contribution in [3.8, 4) is 11.3 Å². The number of imidazole rings is 1. The number of hydrogen-bond donors (Lipinski definition) is 2. The lowest BCUT2D eigenvalue weighted by Gasteiger charge is -2.05. The van der Waals surface area contributed by atoms with Gasteiger partial charge in [-0.2, -0.15) is 0 Å². The summed E-state index contributed by atoms with van der Waals surface area (Å²) in [4.78, 5) is 15.0. The molecule has 2 heterocycles. The lowest BCUT2D eigenvalue weighted by Crippen LogP contribution is -2.08. The van der Waals surface area contributed by atoms with Crippen molar-refractivity contribution in [2.24, 2.45) is 0 Å². The summed E-state index contributed by atoms with van der Waals surface area (Å²) >= 11 is 0. The Bertz CT molecular complexity index is 828. The number of rotatable bonds is 2. The molecule has 3 rings (SSSR count). The Morgan fingerprint density at radius 1 is 1.10 bits per heavy atom. The maximum Gasteiger partial charge on any atom is 0.410 e. The Hall–Kier alpha value is -2.96. The molecule has 7 heteroatoms. The molecule has 0 radical (unpaired) electrons. The molecule has 0 aliphatic heterocycles. The van der Waals surface area contributed by atoms with Crippen molar-refractivity contribution in [3.05, 3.63) is 54.2 Å². The number of anilines is 1. The maximum absolute atomic E-state index is 13.4. The Kier molecular flexibility index (Phi) is 3.02. The van der Waals surface area contributed by atoms with Gasteiger partial charge in [-0.1, -0.05) is 0 Å². The van der Waals surface area contributed by atoms with Crippen molar-refractivity contribution in [2.75, 3.05) is 5.32 Å².